The second-order valence-electron chi connectivity index (χ2n) is 3.42. The number of benzene rings is 1. The number of carbonyl (C=O) groups is 2. The van der Waals surface area contributed by atoms with Crippen molar-refractivity contribution < 1.29 is 24.5 Å². The Hall–Kier alpha value is -2.24. The van der Waals surface area contributed by atoms with Crippen molar-refractivity contribution in [3.05, 3.63) is 23.8 Å². The molecule has 0 saturated carbocycles. The first-order valence-electron chi connectivity index (χ1n) is 4.86. The number of hydrogen-bond donors (Lipinski definition) is 3. The summed E-state index contributed by atoms with van der Waals surface area (Å²) in [5.41, 5.74) is -0.0301. The van der Waals surface area contributed by atoms with Crippen LogP contribution in [0.4, 0.5) is 0 Å². The van der Waals surface area contributed by atoms with Gasteiger partial charge in [0.15, 0.2) is 0 Å². The van der Waals surface area contributed by atoms with E-state index in [0.717, 1.165) is 0 Å². The van der Waals surface area contributed by atoms with Crippen LogP contribution in [0.3, 0.4) is 0 Å². The molecule has 1 aromatic carbocycles. The van der Waals surface area contributed by atoms with Gasteiger partial charge in [0.1, 0.15) is 17.5 Å². The molecule has 1 rings (SSSR count). The monoisotopic (exact) mass is 239 g/mol. The van der Waals surface area contributed by atoms with Crippen molar-refractivity contribution in [3.63, 3.8) is 0 Å². The lowest BCUT2D eigenvalue weighted by atomic mass is 10.1. The molecule has 17 heavy (non-hydrogen) atoms. The van der Waals surface area contributed by atoms with Crippen molar-refractivity contribution in [3.8, 4) is 11.5 Å². The maximum atomic E-state index is 11.7. The molecule has 0 fully saturated rings. The molecular formula is C11H13NO5. The highest BCUT2D eigenvalue weighted by Crippen LogP contribution is 2.22. The van der Waals surface area contributed by atoms with Gasteiger partial charge in [-0.2, -0.15) is 0 Å². The van der Waals surface area contributed by atoms with Gasteiger partial charge in [-0.15, -0.1) is 0 Å². The maximum absolute atomic E-state index is 11.7. The number of carboxylic acid groups (broad SMARTS) is 1. The average Bonchev–Trinajstić information content (AvgIpc) is 2.29. The second-order valence-corrected chi connectivity index (χ2v) is 3.42. The van der Waals surface area contributed by atoms with Crippen molar-refractivity contribution >= 4 is 11.9 Å². The summed E-state index contributed by atoms with van der Waals surface area (Å²) in [6.07, 6.45) is 0. The zero-order chi connectivity index (χ0) is 13.0. The second kappa shape index (κ2) is 5.20. The van der Waals surface area contributed by atoms with Gasteiger partial charge >= 0.3 is 5.97 Å². The van der Waals surface area contributed by atoms with Crippen LogP contribution < -0.4 is 10.1 Å². The van der Waals surface area contributed by atoms with Crippen LogP contribution >= 0.6 is 0 Å². The molecule has 0 spiro atoms. The summed E-state index contributed by atoms with van der Waals surface area (Å²) < 4.78 is 4.91. The lowest BCUT2D eigenvalue weighted by molar-refractivity contribution is -0.138. The number of nitrogens with one attached hydrogen (secondary N) is 1. The van der Waals surface area contributed by atoms with Gasteiger partial charge < -0.3 is 20.3 Å². The number of hydrogen-bond acceptors (Lipinski definition) is 4. The molecule has 0 aliphatic rings. The number of aromatic hydroxyl groups is 1. The highest BCUT2D eigenvalue weighted by Gasteiger charge is 2.18. The van der Waals surface area contributed by atoms with Gasteiger partial charge in [0.2, 0.25) is 0 Å². The van der Waals surface area contributed by atoms with Gasteiger partial charge in [-0.25, -0.2) is 0 Å². The fourth-order valence-electron chi connectivity index (χ4n) is 1.16. The van der Waals surface area contributed by atoms with Crippen molar-refractivity contribution in [2.24, 2.45) is 0 Å². The maximum Gasteiger partial charge on any atom is 0.325 e. The quantitative estimate of drug-likeness (QED) is 0.715. The number of ether oxygens (including phenoxy) is 1. The minimum Gasteiger partial charge on any atom is -0.507 e. The number of amides is 1. The summed E-state index contributed by atoms with van der Waals surface area (Å²) in [6, 6.07) is 3.10. The number of carbonyl (C=O) groups excluding carboxylic acids is 1. The van der Waals surface area contributed by atoms with E-state index in [1.807, 2.05) is 0 Å². The van der Waals surface area contributed by atoms with Crippen LogP contribution in [0.25, 0.3) is 0 Å². The highest BCUT2D eigenvalue weighted by atomic mass is 16.5. The van der Waals surface area contributed by atoms with Crippen LogP contribution in [0.5, 0.6) is 11.5 Å². The van der Waals surface area contributed by atoms with E-state index in [0.29, 0.717) is 5.75 Å². The third-order valence-corrected chi connectivity index (χ3v) is 2.17. The van der Waals surface area contributed by atoms with E-state index in [1.54, 1.807) is 0 Å². The molecule has 0 bridgehead atoms. The van der Waals surface area contributed by atoms with Gasteiger partial charge in [-0.3, -0.25) is 9.59 Å². The lowest BCUT2D eigenvalue weighted by Crippen LogP contribution is -2.38. The topological polar surface area (TPSA) is 95.9 Å². The van der Waals surface area contributed by atoms with Crippen LogP contribution in [0.2, 0.25) is 0 Å². The molecule has 6 heteroatoms. The molecule has 0 aliphatic heterocycles. The van der Waals surface area contributed by atoms with Gasteiger partial charge in [0, 0.05) is 0 Å². The predicted molar refractivity (Wildman–Crippen MR) is 59.2 cm³/mol. The van der Waals surface area contributed by atoms with Crippen LogP contribution in [-0.4, -0.2) is 35.2 Å². The summed E-state index contributed by atoms with van der Waals surface area (Å²) >= 11 is 0. The van der Waals surface area contributed by atoms with Crippen molar-refractivity contribution in [2.75, 3.05) is 7.11 Å². The molecular weight excluding hydrogens is 226 g/mol. The minimum absolute atomic E-state index is 0.0301. The third-order valence-electron chi connectivity index (χ3n) is 2.17. The number of carboxylic acids is 1. The minimum atomic E-state index is -1.15. The van der Waals surface area contributed by atoms with Crippen molar-refractivity contribution in [2.45, 2.75) is 13.0 Å². The normalized spacial score (nSPS) is 11.6. The fourth-order valence-corrected chi connectivity index (χ4v) is 1.16. The molecule has 6 nitrogen and oxygen atoms in total. The third kappa shape index (κ3) is 3.10. The van der Waals surface area contributed by atoms with E-state index in [1.165, 1.54) is 32.2 Å². The molecule has 92 valence electrons. The first-order valence-corrected chi connectivity index (χ1v) is 4.86. The Bertz CT molecular complexity index is 443. The SMILES string of the molecule is COc1ccc(O)c(C(=O)NC(C)C(=O)O)c1. The molecule has 3 N–H and O–H groups in total. The van der Waals surface area contributed by atoms with E-state index in [4.69, 9.17) is 9.84 Å². The van der Waals surface area contributed by atoms with Crippen molar-refractivity contribution in [1.29, 1.82) is 0 Å². The lowest BCUT2D eigenvalue weighted by Gasteiger charge is -2.11. The van der Waals surface area contributed by atoms with E-state index in [-0.39, 0.29) is 11.3 Å². The summed E-state index contributed by atoms with van der Waals surface area (Å²) in [4.78, 5) is 22.2. The fraction of sp³-hybridized carbons (Fsp3) is 0.273. The summed E-state index contributed by atoms with van der Waals surface area (Å²) in [5, 5.41) is 20.4. The van der Waals surface area contributed by atoms with Crippen LogP contribution in [0, 0.1) is 0 Å². The Morgan fingerprint density at radius 2 is 2.06 bits per heavy atom. The number of phenolic OH excluding ortho intramolecular Hbond substituents is 1. The summed E-state index contributed by atoms with van der Waals surface area (Å²) in [5.74, 6) is -1.66. The largest absolute Gasteiger partial charge is 0.507 e. The molecule has 0 aromatic heterocycles. The Morgan fingerprint density at radius 3 is 2.59 bits per heavy atom. The van der Waals surface area contributed by atoms with Gasteiger partial charge in [0.05, 0.1) is 12.7 Å². The number of phenols is 1. The number of methoxy groups -OCH3 is 1. The van der Waals surface area contributed by atoms with E-state index in [2.05, 4.69) is 5.32 Å². The molecule has 0 radical (unpaired) electrons. The average molecular weight is 239 g/mol. The van der Waals surface area contributed by atoms with Gasteiger partial charge in [0.25, 0.3) is 5.91 Å². The van der Waals surface area contributed by atoms with Crippen LogP contribution in [0.15, 0.2) is 18.2 Å². The number of rotatable bonds is 4. The van der Waals surface area contributed by atoms with Crippen LogP contribution in [-0.2, 0) is 4.79 Å². The molecule has 0 heterocycles. The Balaban J connectivity index is 2.91. The zero-order valence-electron chi connectivity index (χ0n) is 9.43. The molecule has 1 aromatic rings. The predicted octanol–water partition coefficient (Wildman–Crippen LogP) is 0.604. The molecule has 1 amide bonds. The van der Waals surface area contributed by atoms with E-state index < -0.39 is 17.9 Å². The first kappa shape index (κ1) is 12.8. The van der Waals surface area contributed by atoms with Crippen molar-refractivity contribution in [1.82, 2.24) is 5.32 Å². The number of aliphatic carboxylic acids is 1. The molecule has 0 aliphatic carbocycles. The summed E-state index contributed by atoms with van der Waals surface area (Å²) in [7, 11) is 1.42. The van der Waals surface area contributed by atoms with Gasteiger partial charge in [-0.05, 0) is 25.1 Å². The Kier molecular flexibility index (Phi) is 3.92. The van der Waals surface area contributed by atoms with E-state index >= 15 is 0 Å². The van der Waals surface area contributed by atoms with E-state index in [9.17, 15) is 14.7 Å². The summed E-state index contributed by atoms with van der Waals surface area (Å²) in [6.45, 7) is 1.33. The molecule has 0 saturated heterocycles. The van der Waals surface area contributed by atoms with Crippen LogP contribution in [0.1, 0.15) is 17.3 Å². The Labute approximate surface area is 97.8 Å². The molecule has 1 atom stereocenters. The first-order chi connectivity index (χ1) is 7.95. The smallest absolute Gasteiger partial charge is 0.325 e. The standard InChI is InChI=1S/C11H13NO5/c1-6(11(15)16)12-10(14)8-5-7(17-2)3-4-9(8)13/h3-6,13H,1-2H3,(H,12,14)(H,15,16). The Morgan fingerprint density at radius 1 is 1.41 bits per heavy atom. The highest BCUT2D eigenvalue weighted by molar-refractivity contribution is 5.99. The van der Waals surface area contributed by atoms with Gasteiger partial charge in [-0.1, -0.05) is 0 Å². The molecule has 1 unspecified atom stereocenters. The zero-order valence-corrected chi connectivity index (χ0v) is 9.43.